The van der Waals surface area contributed by atoms with Gasteiger partial charge in [0.25, 0.3) is 5.56 Å². The molecule has 1 aliphatic heterocycles. The van der Waals surface area contributed by atoms with Gasteiger partial charge in [0.05, 0.1) is 5.69 Å². The van der Waals surface area contributed by atoms with Crippen LogP contribution in [0.4, 0.5) is 0 Å². The number of aromatic nitrogens is 1. The second-order valence-electron chi connectivity index (χ2n) is 4.95. The van der Waals surface area contributed by atoms with Crippen molar-refractivity contribution in [3.63, 3.8) is 0 Å². The number of nitrogens with zero attached hydrogens (tertiary/aromatic N) is 2. The van der Waals surface area contributed by atoms with Gasteiger partial charge >= 0.3 is 0 Å². The van der Waals surface area contributed by atoms with Gasteiger partial charge in [0.15, 0.2) is 0 Å². The zero-order valence-corrected chi connectivity index (χ0v) is 11.2. The zero-order valence-electron chi connectivity index (χ0n) is 11.2. The molecule has 0 unspecified atom stereocenters. The predicted molar refractivity (Wildman–Crippen MR) is 73.9 cm³/mol. The lowest BCUT2D eigenvalue weighted by Gasteiger charge is -2.14. The van der Waals surface area contributed by atoms with Crippen molar-refractivity contribution < 1.29 is 0 Å². The van der Waals surface area contributed by atoms with Crippen LogP contribution in [0.2, 0.25) is 0 Å². The molecule has 0 aliphatic carbocycles. The molecule has 0 saturated carbocycles. The van der Waals surface area contributed by atoms with Gasteiger partial charge in [-0.1, -0.05) is 20.4 Å². The molecule has 18 heavy (non-hydrogen) atoms. The summed E-state index contributed by atoms with van der Waals surface area (Å²) in [5.74, 6) is 0.367. The molecule has 0 bridgehead atoms. The highest BCUT2D eigenvalue weighted by Crippen LogP contribution is 2.10. The SMILES string of the molecule is C=C(NCc1c(C)cc2n(c1=O)CN=C2)C(C)C. The quantitative estimate of drug-likeness (QED) is 0.879. The third-order valence-electron chi connectivity index (χ3n) is 3.29. The van der Waals surface area contributed by atoms with E-state index in [1.165, 1.54) is 0 Å². The lowest BCUT2D eigenvalue weighted by Crippen LogP contribution is -2.29. The molecule has 1 aromatic heterocycles. The number of rotatable bonds is 4. The molecule has 96 valence electrons. The maximum Gasteiger partial charge on any atom is 0.257 e. The fourth-order valence-corrected chi connectivity index (χ4v) is 1.93. The van der Waals surface area contributed by atoms with Crippen molar-refractivity contribution in [3.8, 4) is 0 Å². The second kappa shape index (κ2) is 4.80. The van der Waals surface area contributed by atoms with Crippen LogP contribution in [-0.2, 0) is 13.2 Å². The summed E-state index contributed by atoms with van der Waals surface area (Å²) >= 11 is 0. The minimum absolute atomic E-state index is 0.0477. The van der Waals surface area contributed by atoms with E-state index in [1.807, 2.05) is 13.0 Å². The van der Waals surface area contributed by atoms with E-state index in [-0.39, 0.29) is 5.56 Å². The molecule has 2 rings (SSSR count). The first kappa shape index (κ1) is 12.6. The lowest BCUT2D eigenvalue weighted by molar-refractivity contribution is 0.641. The molecule has 1 N–H and O–H groups in total. The summed E-state index contributed by atoms with van der Waals surface area (Å²) in [7, 11) is 0. The Morgan fingerprint density at radius 3 is 3.00 bits per heavy atom. The van der Waals surface area contributed by atoms with Gasteiger partial charge in [0, 0.05) is 24.0 Å². The monoisotopic (exact) mass is 245 g/mol. The Labute approximate surface area is 107 Å². The third-order valence-corrected chi connectivity index (χ3v) is 3.29. The van der Waals surface area contributed by atoms with Gasteiger partial charge in [-0.2, -0.15) is 0 Å². The summed E-state index contributed by atoms with van der Waals surface area (Å²) in [6.45, 7) is 11.0. The third kappa shape index (κ3) is 2.23. The average Bonchev–Trinajstić information content (AvgIpc) is 2.76. The fraction of sp³-hybridized carbons (Fsp3) is 0.429. The van der Waals surface area contributed by atoms with Crippen LogP contribution in [-0.4, -0.2) is 10.8 Å². The standard InChI is InChI=1S/C14H19N3O/c1-9(2)11(4)16-7-13-10(3)5-12-6-15-8-17(12)14(13)18/h5-6,9,16H,4,7-8H2,1-3H3. The summed E-state index contributed by atoms with van der Waals surface area (Å²) in [4.78, 5) is 16.4. The van der Waals surface area contributed by atoms with E-state index in [0.717, 1.165) is 22.5 Å². The molecule has 0 atom stereocenters. The van der Waals surface area contributed by atoms with E-state index in [2.05, 4.69) is 30.7 Å². The van der Waals surface area contributed by atoms with E-state index >= 15 is 0 Å². The van der Waals surface area contributed by atoms with E-state index in [1.54, 1.807) is 10.8 Å². The van der Waals surface area contributed by atoms with Crippen LogP contribution in [0.1, 0.15) is 30.7 Å². The van der Waals surface area contributed by atoms with Crippen LogP contribution in [0, 0.1) is 12.8 Å². The number of hydrogen-bond donors (Lipinski definition) is 1. The van der Waals surface area contributed by atoms with Crippen molar-refractivity contribution >= 4 is 6.21 Å². The van der Waals surface area contributed by atoms with Gasteiger partial charge in [-0.3, -0.25) is 14.4 Å². The van der Waals surface area contributed by atoms with Crippen molar-refractivity contribution in [2.45, 2.75) is 34.0 Å². The van der Waals surface area contributed by atoms with E-state index in [9.17, 15) is 4.79 Å². The number of allylic oxidation sites excluding steroid dienone is 1. The first-order valence-corrected chi connectivity index (χ1v) is 6.16. The Balaban J connectivity index is 2.25. The summed E-state index contributed by atoms with van der Waals surface area (Å²) in [6, 6.07) is 2.01. The Kier molecular flexibility index (Phi) is 3.36. The van der Waals surface area contributed by atoms with Crippen LogP contribution in [0.15, 0.2) is 28.1 Å². The number of aryl methyl sites for hydroxylation is 1. The van der Waals surface area contributed by atoms with Crippen LogP contribution in [0.3, 0.4) is 0 Å². The largest absolute Gasteiger partial charge is 0.384 e. The van der Waals surface area contributed by atoms with Gasteiger partial charge in [-0.15, -0.1) is 0 Å². The first-order valence-electron chi connectivity index (χ1n) is 6.16. The van der Waals surface area contributed by atoms with Gasteiger partial charge in [0.2, 0.25) is 0 Å². The Morgan fingerprint density at radius 1 is 1.61 bits per heavy atom. The number of aliphatic imine (C=N–C) groups is 1. The zero-order chi connectivity index (χ0) is 13.3. The predicted octanol–water partition coefficient (Wildman–Crippen LogP) is 1.81. The Morgan fingerprint density at radius 2 is 2.33 bits per heavy atom. The normalized spacial score (nSPS) is 12.9. The molecule has 1 aromatic rings. The minimum Gasteiger partial charge on any atom is -0.384 e. The molecule has 2 heterocycles. The van der Waals surface area contributed by atoms with Crippen molar-refractivity contribution in [2.24, 2.45) is 10.9 Å². The molecule has 4 heteroatoms. The topological polar surface area (TPSA) is 46.4 Å². The maximum absolute atomic E-state index is 12.3. The smallest absolute Gasteiger partial charge is 0.257 e. The van der Waals surface area contributed by atoms with Crippen LogP contribution >= 0.6 is 0 Å². The molecule has 0 aromatic carbocycles. The highest BCUT2D eigenvalue weighted by Gasteiger charge is 2.14. The number of pyridine rings is 1. The average molecular weight is 245 g/mol. The van der Waals surface area contributed by atoms with Crippen LogP contribution in [0.25, 0.3) is 0 Å². The summed E-state index contributed by atoms with van der Waals surface area (Å²) < 4.78 is 1.70. The Bertz CT molecular complexity index is 567. The van der Waals surface area contributed by atoms with Gasteiger partial charge < -0.3 is 5.32 Å². The summed E-state index contributed by atoms with van der Waals surface area (Å²) in [5, 5.41) is 3.22. The highest BCUT2D eigenvalue weighted by atomic mass is 16.1. The molecule has 0 spiro atoms. The van der Waals surface area contributed by atoms with E-state index < -0.39 is 0 Å². The molecular weight excluding hydrogens is 226 g/mol. The fourth-order valence-electron chi connectivity index (χ4n) is 1.93. The Hall–Kier alpha value is -1.84. The van der Waals surface area contributed by atoms with Crippen LogP contribution < -0.4 is 10.9 Å². The van der Waals surface area contributed by atoms with E-state index in [4.69, 9.17) is 0 Å². The highest BCUT2D eigenvalue weighted by molar-refractivity contribution is 5.79. The van der Waals surface area contributed by atoms with Gasteiger partial charge in [-0.05, 0) is 24.5 Å². The van der Waals surface area contributed by atoms with Crippen molar-refractivity contribution in [1.82, 2.24) is 9.88 Å². The summed E-state index contributed by atoms with van der Waals surface area (Å²) in [5.41, 5.74) is 3.70. The number of nitrogens with one attached hydrogen (secondary N) is 1. The molecule has 0 saturated heterocycles. The van der Waals surface area contributed by atoms with Crippen LogP contribution in [0.5, 0.6) is 0 Å². The van der Waals surface area contributed by atoms with Gasteiger partial charge in [-0.25, -0.2) is 0 Å². The molecule has 1 aliphatic rings. The first-order chi connectivity index (χ1) is 8.50. The lowest BCUT2D eigenvalue weighted by atomic mass is 10.1. The summed E-state index contributed by atoms with van der Waals surface area (Å²) in [6.07, 6.45) is 1.75. The van der Waals surface area contributed by atoms with E-state index in [0.29, 0.717) is 19.1 Å². The number of fused-ring (bicyclic) bond motifs is 1. The van der Waals surface area contributed by atoms with Crippen molar-refractivity contribution in [3.05, 3.63) is 45.5 Å². The van der Waals surface area contributed by atoms with Gasteiger partial charge in [0.1, 0.15) is 6.67 Å². The van der Waals surface area contributed by atoms with Crippen molar-refractivity contribution in [2.75, 3.05) is 0 Å². The molecular formula is C14H19N3O. The van der Waals surface area contributed by atoms with Crippen molar-refractivity contribution in [1.29, 1.82) is 0 Å². The molecule has 0 fully saturated rings. The molecule has 0 amide bonds. The second-order valence-corrected chi connectivity index (χ2v) is 4.95. The maximum atomic E-state index is 12.3. The molecule has 0 radical (unpaired) electrons. The molecule has 4 nitrogen and oxygen atoms in total. The minimum atomic E-state index is 0.0477. The number of hydrogen-bond acceptors (Lipinski definition) is 3.